The van der Waals surface area contributed by atoms with E-state index in [1.807, 2.05) is 29.2 Å². The van der Waals surface area contributed by atoms with Gasteiger partial charge in [-0.1, -0.05) is 18.2 Å². The molecule has 0 unspecified atom stereocenters. The molecule has 1 aliphatic heterocycles. The fourth-order valence-electron chi connectivity index (χ4n) is 2.50. The van der Waals surface area contributed by atoms with Gasteiger partial charge in [-0.05, 0) is 30.9 Å². The molecule has 112 valence electrons. The quantitative estimate of drug-likeness (QED) is 0.868. The second kappa shape index (κ2) is 8.12. The van der Waals surface area contributed by atoms with E-state index < -0.39 is 0 Å². The molecule has 0 atom stereocenters. The van der Waals surface area contributed by atoms with Crippen molar-refractivity contribution in [2.24, 2.45) is 0 Å². The van der Waals surface area contributed by atoms with Crippen molar-refractivity contribution in [3.8, 4) is 0 Å². The molecule has 4 nitrogen and oxygen atoms in total. The zero-order valence-electron chi connectivity index (χ0n) is 11.9. The first kappa shape index (κ1) is 16.8. The Balaban J connectivity index is 0.00000200. The van der Waals surface area contributed by atoms with E-state index in [-0.39, 0.29) is 18.3 Å². The van der Waals surface area contributed by atoms with Crippen molar-refractivity contribution in [3.05, 3.63) is 29.8 Å². The Morgan fingerprint density at radius 1 is 1.35 bits per heavy atom. The number of ether oxygens (including phenoxy) is 1. The fraction of sp³-hybridized carbons (Fsp3) is 0.533. The number of nitrogens with two attached hydrogens (primary N) is 1. The maximum atomic E-state index is 12.1. The Hall–Kier alpha value is -1.26. The minimum Gasteiger partial charge on any atom is -0.399 e. The number of methoxy groups -OCH3 is 1. The highest BCUT2D eigenvalue weighted by molar-refractivity contribution is 5.85. The number of amides is 1. The molecule has 0 aromatic heterocycles. The summed E-state index contributed by atoms with van der Waals surface area (Å²) < 4.78 is 5.31. The predicted octanol–water partition coefficient (Wildman–Crippen LogP) is 2.26. The number of nitrogen functional groups attached to an aromatic ring is 1. The van der Waals surface area contributed by atoms with Crippen LogP contribution in [0.3, 0.4) is 0 Å². The Labute approximate surface area is 126 Å². The van der Waals surface area contributed by atoms with Gasteiger partial charge in [0.2, 0.25) is 5.91 Å². The monoisotopic (exact) mass is 298 g/mol. The van der Waals surface area contributed by atoms with Crippen LogP contribution in [-0.2, 0) is 16.0 Å². The highest BCUT2D eigenvalue weighted by atomic mass is 35.5. The number of anilines is 1. The molecule has 0 aliphatic carbocycles. The molecule has 5 heteroatoms. The van der Waals surface area contributed by atoms with Crippen LogP contribution in [0.15, 0.2) is 24.3 Å². The summed E-state index contributed by atoms with van der Waals surface area (Å²) in [5.41, 5.74) is 7.71. The zero-order valence-corrected chi connectivity index (χ0v) is 12.7. The van der Waals surface area contributed by atoms with Crippen LogP contribution in [0.4, 0.5) is 5.69 Å². The third kappa shape index (κ3) is 4.39. The molecule has 1 aromatic carbocycles. The van der Waals surface area contributed by atoms with Crippen LogP contribution in [0.25, 0.3) is 0 Å². The molecule has 0 spiro atoms. The van der Waals surface area contributed by atoms with Crippen LogP contribution in [0.5, 0.6) is 0 Å². The van der Waals surface area contributed by atoms with E-state index in [1.165, 1.54) is 0 Å². The third-order valence-corrected chi connectivity index (χ3v) is 3.79. The highest BCUT2D eigenvalue weighted by Crippen LogP contribution is 2.16. The number of halogens is 1. The molecule has 2 rings (SSSR count). The molecular formula is C15H23ClN2O2. The van der Waals surface area contributed by atoms with Gasteiger partial charge in [0.15, 0.2) is 0 Å². The van der Waals surface area contributed by atoms with Crippen molar-refractivity contribution >= 4 is 24.0 Å². The summed E-state index contributed by atoms with van der Waals surface area (Å²) >= 11 is 0. The molecule has 1 heterocycles. The number of hydrogen-bond donors (Lipinski definition) is 1. The van der Waals surface area contributed by atoms with E-state index in [2.05, 4.69) is 0 Å². The number of aryl methyl sites for hydroxylation is 1. The summed E-state index contributed by atoms with van der Waals surface area (Å²) in [6, 6.07) is 7.74. The minimum atomic E-state index is 0. The molecule has 0 radical (unpaired) electrons. The first-order valence-corrected chi connectivity index (χ1v) is 6.84. The molecule has 1 aliphatic rings. The topological polar surface area (TPSA) is 55.6 Å². The molecule has 1 amide bonds. The average Bonchev–Trinajstić information content (AvgIpc) is 2.46. The normalized spacial score (nSPS) is 15.8. The van der Waals surface area contributed by atoms with E-state index in [9.17, 15) is 4.79 Å². The van der Waals surface area contributed by atoms with E-state index in [4.69, 9.17) is 10.5 Å². The largest absolute Gasteiger partial charge is 0.399 e. The van der Waals surface area contributed by atoms with Gasteiger partial charge in [-0.15, -0.1) is 12.4 Å². The van der Waals surface area contributed by atoms with Crippen LogP contribution in [0.2, 0.25) is 0 Å². The molecule has 1 fully saturated rings. The summed E-state index contributed by atoms with van der Waals surface area (Å²) in [7, 11) is 1.74. The van der Waals surface area contributed by atoms with Gasteiger partial charge in [-0.3, -0.25) is 4.79 Å². The van der Waals surface area contributed by atoms with E-state index in [0.717, 1.165) is 43.6 Å². The van der Waals surface area contributed by atoms with Crippen LogP contribution in [0, 0.1) is 0 Å². The van der Waals surface area contributed by atoms with Gasteiger partial charge < -0.3 is 15.4 Å². The third-order valence-electron chi connectivity index (χ3n) is 3.79. The molecule has 2 N–H and O–H groups in total. The molecular weight excluding hydrogens is 276 g/mol. The average molecular weight is 299 g/mol. The number of piperidine rings is 1. The van der Waals surface area contributed by atoms with Gasteiger partial charge in [-0.2, -0.15) is 0 Å². The first-order chi connectivity index (χ1) is 9.20. The Morgan fingerprint density at radius 3 is 2.60 bits per heavy atom. The van der Waals surface area contributed by atoms with Gasteiger partial charge in [0.05, 0.1) is 6.10 Å². The van der Waals surface area contributed by atoms with Crippen molar-refractivity contribution in [1.29, 1.82) is 0 Å². The van der Waals surface area contributed by atoms with E-state index in [1.54, 1.807) is 7.11 Å². The first-order valence-electron chi connectivity index (χ1n) is 6.84. The highest BCUT2D eigenvalue weighted by Gasteiger charge is 2.22. The molecule has 0 bridgehead atoms. The van der Waals surface area contributed by atoms with Crippen molar-refractivity contribution in [2.45, 2.75) is 31.8 Å². The number of benzene rings is 1. The van der Waals surface area contributed by atoms with Crippen LogP contribution >= 0.6 is 12.4 Å². The molecule has 1 aromatic rings. The van der Waals surface area contributed by atoms with Crippen molar-refractivity contribution in [2.75, 3.05) is 25.9 Å². The predicted molar refractivity (Wildman–Crippen MR) is 83.0 cm³/mol. The molecule has 0 saturated carbocycles. The number of rotatable bonds is 4. The van der Waals surface area contributed by atoms with Gasteiger partial charge in [0, 0.05) is 32.3 Å². The number of para-hydroxylation sites is 1. The zero-order chi connectivity index (χ0) is 13.7. The van der Waals surface area contributed by atoms with Gasteiger partial charge in [-0.25, -0.2) is 0 Å². The summed E-state index contributed by atoms with van der Waals surface area (Å²) in [5.74, 6) is 0.220. The fourth-order valence-corrected chi connectivity index (χ4v) is 2.50. The summed E-state index contributed by atoms with van der Waals surface area (Å²) in [4.78, 5) is 14.1. The maximum Gasteiger partial charge on any atom is 0.222 e. The lowest BCUT2D eigenvalue weighted by atomic mass is 10.0. The summed E-state index contributed by atoms with van der Waals surface area (Å²) in [6.07, 6.45) is 3.45. The second-order valence-electron chi connectivity index (χ2n) is 5.01. The molecule has 20 heavy (non-hydrogen) atoms. The summed E-state index contributed by atoms with van der Waals surface area (Å²) in [5, 5.41) is 0. The Morgan fingerprint density at radius 2 is 2.00 bits per heavy atom. The lowest BCUT2D eigenvalue weighted by Crippen LogP contribution is -2.40. The van der Waals surface area contributed by atoms with E-state index in [0.29, 0.717) is 12.5 Å². The minimum absolute atomic E-state index is 0. The van der Waals surface area contributed by atoms with Gasteiger partial charge in [0.25, 0.3) is 0 Å². The van der Waals surface area contributed by atoms with Gasteiger partial charge >= 0.3 is 0 Å². The number of nitrogens with zero attached hydrogens (tertiary/aromatic N) is 1. The Kier molecular flexibility index (Phi) is 6.82. The van der Waals surface area contributed by atoms with Crippen LogP contribution in [0.1, 0.15) is 24.8 Å². The maximum absolute atomic E-state index is 12.1. The lowest BCUT2D eigenvalue weighted by molar-refractivity contribution is -0.133. The number of hydrogen-bond acceptors (Lipinski definition) is 3. The number of likely N-dealkylation sites (tertiary alicyclic amines) is 1. The SMILES string of the molecule is COC1CCN(C(=O)CCc2ccccc2N)CC1.Cl. The van der Waals surface area contributed by atoms with Crippen molar-refractivity contribution < 1.29 is 9.53 Å². The van der Waals surface area contributed by atoms with Crippen molar-refractivity contribution in [3.63, 3.8) is 0 Å². The van der Waals surface area contributed by atoms with Crippen LogP contribution < -0.4 is 5.73 Å². The number of carbonyl (C=O) groups excluding carboxylic acids is 1. The molecule has 1 saturated heterocycles. The van der Waals surface area contributed by atoms with Crippen LogP contribution in [-0.4, -0.2) is 37.1 Å². The Bertz CT molecular complexity index is 432. The number of carbonyl (C=O) groups is 1. The van der Waals surface area contributed by atoms with E-state index >= 15 is 0 Å². The van der Waals surface area contributed by atoms with Crippen molar-refractivity contribution in [1.82, 2.24) is 4.90 Å². The smallest absolute Gasteiger partial charge is 0.222 e. The standard InChI is InChI=1S/C15H22N2O2.ClH/c1-19-13-8-10-17(11-9-13)15(18)7-6-12-4-2-3-5-14(12)16;/h2-5,13H,6-11,16H2,1H3;1H. The lowest BCUT2D eigenvalue weighted by Gasteiger charge is -2.31. The van der Waals surface area contributed by atoms with Gasteiger partial charge in [0.1, 0.15) is 0 Å². The summed E-state index contributed by atoms with van der Waals surface area (Å²) in [6.45, 7) is 1.61. The second-order valence-corrected chi connectivity index (χ2v) is 5.01.